The van der Waals surface area contributed by atoms with Crippen LogP contribution < -0.4 is 9.62 Å². The maximum absolute atomic E-state index is 12.7. The molecule has 0 saturated heterocycles. The molecule has 2 aromatic carbocycles. The Bertz CT molecular complexity index is 992. The molecule has 0 spiro atoms. The Hall–Kier alpha value is -1.76. The average Bonchev–Trinajstić information content (AvgIpc) is 2.59. The van der Waals surface area contributed by atoms with Crippen molar-refractivity contribution >= 4 is 44.8 Å². The van der Waals surface area contributed by atoms with Gasteiger partial charge >= 0.3 is 0 Å². The molecule has 1 aliphatic heterocycles. The van der Waals surface area contributed by atoms with Gasteiger partial charge in [0.2, 0.25) is 10.0 Å². The molecule has 0 bridgehead atoms. The van der Waals surface area contributed by atoms with Crippen molar-refractivity contribution in [2.75, 3.05) is 17.1 Å². The van der Waals surface area contributed by atoms with Gasteiger partial charge in [0.05, 0.1) is 18.0 Å². The van der Waals surface area contributed by atoms with Crippen LogP contribution in [0.15, 0.2) is 36.4 Å². The number of nitrogens with one attached hydrogen (secondary N) is 1. The lowest BCUT2D eigenvalue weighted by atomic mass is 10.00. The van der Waals surface area contributed by atoms with Crippen LogP contribution in [0.2, 0.25) is 10.0 Å². The van der Waals surface area contributed by atoms with Gasteiger partial charge in [-0.1, -0.05) is 29.3 Å². The second-order valence-corrected chi connectivity index (χ2v) is 9.39. The lowest BCUT2D eigenvalue weighted by Gasteiger charge is -2.29. The molecule has 5 nitrogen and oxygen atoms in total. The molecule has 1 atom stereocenters. The molecule has 27 heavy (non-hydrogen) atoms. The minimum atomic E-state index is -3.33. The molecular weight excluding hydrogens is 407 g/mol. The van der Waals surface area contributed by atoms with E-state index in [0.717, 1.165) is 24.0 Å². The maximum atomic E-state index is 12.7. The topological polar surface area (TPSA) is 66.5 Å². The highest BCUT2D eigenvalue weighted by Gasteiger charge is 2.25. The van der Waals surface area contributed by atoms with E-state index in [1.807, 2.05) is 6.92 Å². The lowest BCUT2D eigenvalue weighted by Crippen LogP contribution is -2.35. The number of nitrogens with zero attached hydrogens (tertiary/aromatic N) is 1. The monoisotopic (exact) mass is 426 g/mol. The van der Waals surface area contributed by atoms with E-state index in [1.54, 1.807) is 36.4 Å². The molecule has 0 aliphatic carbocycles. The fourth-order valence-corrected chi connectivity index (χ4v) is 4.83. The van der Waals surface area contributed by atoms with Gasteiger partial charge < -0.3 is 5.32 Å². The van der Waals surface area contributed by atoms with Gasteiger partial charge in [-0.15, -0.1) is 0 Å². The molecule has 3 rings (SSSR count). The van der Waals surface area contributed by atoms with Gasteiger partial charge in [-0.05, 0) is 61.2 Å². The third kappa shape index (κ3) is 4.39. The largest absolute Gasteiger partial charge is 0.345 e. The summed E-state index contributed by atoms with van der Waals surface area (Å²) in [5, 5.41) is 3.95. The van der Waals surface area contributed by atoms with Gasteiger partial charge in [-0.3, -0.25) is 9.10 Å². The van der Waals surface area contributed by atoms with Crippen LogP contribution in [0.5, 0.6) is 0 Å². The van der Waals surface area contributed by atoms with Crippen LogP contribution in [-0.4, -0.2) is 27.1 Å². The van der Waals surface area contributed by atoms with Gasteiger partial charge in [-0.2, -0.15) is 0 Å². The van der Waals surface area contributed by atoms with Crippen molar-refractivity contribution in [2.45, 2.75) is 25.8 Å². The number of amides is 1. The highest BCUT2D eigenvalue weighted by Crippen LogP contribution is 2.30. The van der Waals surface area contributed by atoms with Crippen molar-refractivity contribution < 1.29 is 13.2 Å². The molecule has 0 unspecified atom stereocenters. The number of rotatable bonds is 4. The molecule has 0 radical (unpaired) electrons. The molecule has 1 heterocycles. The SMILES string of the molecule is C[C@H](NC(=O)c1ccc2c(c1)CCCN2S(C)(=O)=O)c1ccc(Cl)cc1Cl. The summed E-state index contributed by atoms with van der Waals surface area (Å²) >= 11 is 12.1. The second kappa shape index (κ2) is 7.70. The zero-order valence-electron chi connectivity index (χ0n) is 15.0. The van der Waals surface area contributed by atoms with Crippen LogP contribution >= 0.6 is 23.2 Å². The number of sulfonamides is 1. The quantitative estimate of drug-likeness (QED) is 0.796. The normalized spacial score (nSPS) is 15.2. The lowest BCUT2D eigenvalue weighted by molar-refractivity contribution is 0.0940. The Morgan fingerprint density at radius 3 is 2.59 bits per heavy atom. The van der Waals surface area contributed by atoms with Gasteiger partial charge in [0.15, 0.2) is 0 Å². The zero-order valence-corrected chi connectivity index (χ0v) is 17.3. The fourth-order valence-electron chi connectivity index (χ4n) is 3.26. The number of benzene rings is 2. The Kier molecular flexibility index (Phi) is 5.70. The third-order valence-corrected chi connectivity index (χ3v) is 6.34. The number of hydrogen-bond acceptors (Lipinski definition) is 3. The summed E-state index contributed by atoms with van der Waals surface area (Å²) in [7, 11) is -3.33. The van der Waals surface area contributed by atoms with Crippen LogP contribution in [0.25, 0.3) is 0 Å². The zero-order chi connectivity index (χ0) is 19.8. The number of halogens is 2. The van der Waals surface area contributed by atoms with E-state index in [-0.39, 0.29) is 11.9 Å². The van der Waals surface area contributed by atoms with Gasteiger partial charge in [0.25, 0.3) is 5.91 Å². The molecule has 8 heteroatoms. The number of hydrogen-bond donors (Lipinski definition) is 1. The van der Waals surface area contributed by atoms with E-state index in [0.29, 0.717) is 27.8 Å². The Balaban J connectivity index is 1.82. The molecule has 2 aromatic rings. The molecule has 144 valence electrons. The minimum absolute atomic E-state index is 0.243. The van der Waals surface area contributed by atoms with Crippen molar-refractivity contribution in [3.8, 4) is 0 Å². The molecule has 1 aliphatic rings. The molecular formula is C19H20Cl2N2O3S. The Morgan fingerprint density at radius 2 is 1.93 bits per heavy atom. The average molecular weight is 427 g/mol. The Morgan fingerprint density at radius 1 is 1.19 bits per heavy atom. The highest BCUT2D eigenvalue weighted by atomic mass is 35.5. The van der Waals surface area contributed by atoms with E-state index < -0.39 is 10.0 Å². The van der Waals surface area contributed by atoms with Crippen molar-refractivity contribution in [3.05, 3.63) is 63.1 Å². The summed E-state index contributed by atoms with van der Waals surface area (Å²) < 4.78 is 25.3. The van der Waals surface area contributed by atoms with E-state index in [9.17, 15) is 13.2 Å². The van der Waals surface area contributed by atoms with Crippen molar-refractivity contribution in [1.82, 2.24) is 5.32 Å². The molecule has 1 N–H and O–H groups in total. The second-order valence-electron chi connectivity index (χ2n) is 6.64. The van der Waals surface area contributed by atoms with Gasteiger partial charge in [-0.25, -0.2) is 8.42 Å². The van der Waals surface area contributed by atoms with Gasteiger partial charge in [0, 0.05) is 22.2 Å². The highest BCUT2D eigenvalue weighted by molar-refractivity contribution is 7.92. The fraction of sp³-hybridized carbons (Fsp3) is 0.316. The van der Waals surface area contributed by atoms with Crippen molar-refractivity contribution in [1.29, 1.82) is 0 Å². The minimum Gasteiger partial charge on any atom is -0.345 e. The summed E-state index contributed by atoms with van der Waals surface area (Å²) in [6.45, 7) is 2.31. The third-order valence-electron chi connectivity index (χ3n) is 4.59. The van der Waals surface area contributed by atoms with Crippen molar-refractivity contribution in [3.63, 3.8) is 0 Å². The number of anilines is 1. The summed E-state index contributed by atoms with van der Waals surface area (Å²) in [5.74, 6) is -0.243. The van der Waals surface area contributed by atoms with Crippen LogP contribution in [-0.2, 0) is 16.4 Å². The standard InChI is InChI=1S/C19H20Cl2N2O3S/c1-12(16-7-6-15(20)11-17(16)21)22-19(24)14-5-8-18-13(10-14)4-3-9-23(18)27(2,25)26/h5-8,10-12H,3-4,9H2,1-2H3,(H,22,24)/t12-/m0/s1. The number of carbonyl (C=O) groups excluding carboxylic acids is 1. The molecule has 0 aromatic heterocycles. The van der Waals surface area contributed by atoms with Crippen molar-refractivity contribution in [2.24, 2.45) is 0 Å². The van der Waals surface area contributed by atoms with Crippen LogP contribution in [0, 0.1) is 0 Å². The van der Waals surface area contributed by atoms with Crippen LogP contribution in [0.1, 0.15) is 40.9 Å². The first-order chi connectivity index (χ1) is 12.7. The van der Waals surface area contributed by atoms with E-state index in [1.165, 1.54) is 10.6 Å². The number of fused-ring (bicyclic) bond motifs is 1. The van der Waals surface area contributed by atoms with Crippen LogP contribution in [0.3, 0.4) is 0 Å². The number of aryl methyl sites for hydroxylation is 1. The van der Waals surface area contributed by atoms with E-state index >= 15 is 0 Å². The predicted molar refractivity (Wildman–Crippen MR) is 109 cm³/mol. The predicted octanol–water partition coefficient (Wildman–Crippen LogP) is 4.20. The van der Waals surface area contributed by atoms with Crippen LogP contribution in [0.4, 0.5) is 5.69 Å². The molecule has 0 fully saturated rings. The van der Waals surface area contributed by atoms with Gasteiger partial charge in [0.1, 0.15) is 0 Å². The maximum Gasteiger partial charge on any atom is 0.251 e. The first kappa shape index (κ1) is 20.0. The Labute approximate surface area is 169 Å². The molecule has 1 amide bonds. The summed E-state index contributed by atoms with van der Waals surface area (Å²) in [6, 6.07) is 9.96. The summed E-state index contributed by atoms with van der Waals surface area (Å²) in [4.78, 5) is 12.7. The van der Waals surface area contributed by atoms with E-state index in [4.69, 9.17) is 23.2 Å². The first-order valence-electron chi connectivity index (χ1n) is 8.53. The smallest absolute Gasteiger partial charge is 0.251 e. The summed E-state index contributed by atoms with van der Waals surface area (Å²) in [5.41, 5.74) is 2.77. The van der Waals surface area contributed by atoms with E-state index in [2.05, 4.69) is 5.32 Å². The number of carbonyl (C=O) groups is 1. The summed E-state index contributed by atoms with van der Waals surface area (Å²) in [6.07, 6.45) is 2.66. The first-order valence-corrected chi connectivity index (χ1v) is 11.1. The molecule has 0 saturated carbocycles.